The van der Waals surface area contributed by atoms with Crippen molar-refractivity contribution in [1.29, 1.82) is 0 Å². The Balaban J connectivity index is 2.17. The number of nitrogens with zero attached hydrogens (tertiary/aromatic N) is 4. The topological polar surface area (TPSA) is 100 Å². The van der Waals surface area contributed by atoms with Crippen LogP contribution in [-0.2, 0) is 9.53 Å². The lowest BCUT2D eigenvalue weighted by atomic mass is 9.95. The molecule has 0 bridgehead atoms. The number of fused-ring (bicyclic) bond motifs is 1. The van der Waals surface area contributed by atoms with Crippen LogP contribution in [0.25, 0.3) is 0 Å². The maximum Gasteiger partial charge on any atom is 0.338 e. The molecule has 0 aliphatic carbocycles. The third kappa shape index (κ3) is 3.33. The first kappa shape index (κ1) is 18.7. The zero-order chi connectivity index (χ0) is 19.6. The van der Waals surface area contributed by atoms with Crippen molar-refractivity contribution in [2.45, 2.75) is 13.0 Å². The Bertz CT molecular complexity index is 924. The molecule has 1 aliphatic rings. The highest BCUT2D eigenvalue weighted by Crippen LogP contribution is 2.42. The van der Waals surface area contributed by atoms with Crippen molar-refractivity contribution in [3.8, 4) is 11.5 Å². The monoisotopic (exact) mass is 391 g/mol. The minimum absolute atomic E-state index is 0.0808. The standard InChI is InChI=1S/C17H18ClN5O4/c1-5-6-27-16(24)13-9(2)19-17-20-21-22-23(17)14(13)10-7-11(18)15(26-4)12(8-10)25-3/h5,7-8,14H,1,6H2,2-4H3,(H,19,20,22). The predicted octanol–water partition coefficient (Wildman–Crippen LogP) is 2.36. The number of ether oxygens (including phenoxy) is 3. The third-order valence-electron chi connectivity index (χ3n) is 4.04. The highest BCUT2D eigenvalue weighted by atomic mass is 35.5. The molecule has 0 fully saturated rings. The van der Waals surface area contributed by atoms with Crippen LogP contribution in [0.5, 0.6) is 11.5 Å². The number of carbonyl (C=O) groups is 1. The van der Waals surface area contributed by atoms with Crippen molar-refractivity contribution in [1.82, 2.24) is 20.2 Å². The number of carbonyl (C=O) groups excluding carboxylic acids is 1. The van der Waals surface area contributed by atoms with Crippen LogP contribution in [0.4, 0.5) is 5.95 Å². The van der Waals surface area contributed by atoms with E-state index in [1.54, 1.807) is 19.1 Å². The van der Waals surface area contributed by atoms with Gasteiger partial charge < -0.3 is 19.5 Å². The molecule has 1 aromatic carbocycles. The third-order valence-corrected chi connectivity index (χ3v) is 4.32. The van der Waals surface area contributed by atoms with Crippen LogP contribution in [0.2, 0.25) is 5.02 Å². The molecule has 0 spiro atoms. The number of esters is 1. The van der Waals surface area contributed by atoms with Gasteiger partial charge in [0.15, 0.2) is 11.5 Å². The molecule has 10 heteroatoms. The second kappa shape index (κ2) is 7.67. The second-order valence-electron chi connectivity index (χ2n) is 5.64. The van der Waals surface area contributed by atoms with E-state index in [4.69, 9.17) is 25.8 Å². The van der Waals surface area contributed by atoms with Crippen molar-refractivity contribution in [2.75, 3.05) is 26.1 Å². The van der Waals surface area contributed by atoms with Gasteiger partial charge in [0.05, 0.1) is 24.8 Å². The van der Waals surface area contributed by atoms with E-state index in [1.165, 1.54) is 25.0 Å². The molecular formula is C17H18ClN5O4. The van der Waals surface area contributed by atoms with Gasteiger partial charge >= 0.3 is 5.97 Å². The minimum atomic E-state index is -0.661. The summed E-state index contributed by atoms with van der Waals surface area (Å²) < 4.78 is 17.4. The molecule has 3 rings (SSSR count). The van der Waals surface area contributed by atoms with Crippen molar-refractivity contribution in [3.05, 3.63) is 46.6 Å². The van der Waals surface area contributed by atoms with Gasteiger partial charge in [-0.1, -0.05) is 29.4 Å². The van der Waals surface area contributed by atoms with Crippen molar-refractivity contribution in [3.63, 3.8) is 0 Å². The van der Waals surface area contributed by atoms with Crippen molar-refractivity contribution < 1.29 is 19.0 Å². The molecule has 2 aromatic rings. The van der Waals surface area contributed by atoms with Gasteiger partial charge in [-0.25, -0.2) is 4.79 Å². The number of hydrogen-bond acceptors (Lipinski definition) is 8. The highest BCUT2D eigenvalue weighted by Gasteiger charge is 2.35. The van der Waals surface area contributed by atoms with Crippen LogP contribution < -0.4 is 14.8 Å². The molecule has 142 valence electrons. The van der Waals surface area contributed by atoms with E-state index >= 15 is 0 Å². The minimum Gasteiger partial charge on any atom is -0.493 e. The van der Waals surface area contributed by atoms with Gasteiger partial charge in [-0.05, 0) is 35.0 Å². The van der Waals surface area contributed by atoms with E-state index in [2.05, 4.69) is 27.4 Å². The Labute approximate surface area is 160 Å². The van der Waals surface area contributed by atoms with Gasteiger partial charge in [-0.2, -0.15) is 4.68 Å². The van der Waals surface area contributed by atoms with E-state index in [-0.39, 0.29) is 6.61 Å². The summed E-state index contributed by atoms with van der Waals surface area (Å²) in [7, 11) is 3.00. The van der Waals surface area contributed by atoms with E-state index in [1.807, 2.05) is 0 Å². The van der Waals surface area contributed by atoms with Crippen LogP contribution in [-0.4, -0.2) is 47.0 Å². The zero-order valence-corrected chi connectivity index (χ0v) is 15.8. The molecule has 1 N–H and O–H groups in total. The van der Waals surface area contributed by atoms with Gasteiger partial charge in [0.2, 0.25) is 5.95 Å². The molecule has 2 heterocycles. The van der Waals surface area contributed by atoms with Crippen LogP contribution in [0.15, 0.2) is 36.1 Å². The molecule has 1 atom stereocenters. The molecule has 0 amide bonds. The van der Waals surface area contributed by atoms with Gasteiger partial charge in [0, 0.05) is 5.70 Å². The van der Waals surface area contributed by atoms with Gasteiger partial charge in [-0.15, -0.1) is 0 Å². The van der Waals surface area contributed by atoms with Crippen molar-refractivity contribution in [2.24, 2.45) is 0 Å². The summed E-state index contributed by atoms with van der Waals surface area (Å²) in [5.41, 5.74) is 1.56. The Morgan fingerprint density at radius 3 is 2.85 bits per heavy atom. The van der Waals surface area contributed by atoms with E-state index < -0.39 is 12.0 Å². The highest BCUT2D eigenvalue weighted by molar-refractivity contribution is 6.32. The number of benzene rings is 1. The Morgan fingerprint density at radius 2 is 2.19 bits per heavy atom. The van der Waals surface area contributed by atoms with Gasteiger partial charge in [-0.3, -0.25) is 0 Å². The Hall–Kier alpha value is -3.07. The smallest absolute Gasteiger partial charge is 0.338 e. The summed E-state index contributed by atoms with van der Waals surface area (Å²) in [5.74, 6) is 0.690. The SMILES string of the molecule is C=CCOC(=O)C1=C(C)Nc2nnnn2C1c1cc(Cl)c(OC)c(OC)c1. The number of methoxy groups -OCH3 is 2. The van der Waals surface area contributed by atoms with Gasteiger partial charge in [0.1, 0.15) is 12.6 Å². The fourth-order valence-electron chi connectivity index (χ4n) is 2.89. The lowest BCUT2D eigenvalue weighted by Crippen LogP contribution is -2.29. The lowest BCUT2D eigenvalue weighted by molar-refractivity contribution is -0.138. The average molecular weight is 392 g/mol. The van der Waals surface area contributed by atoms with E-state index in [0.717, 1.165) is 0 Å². The zero-order valence-electron chi connectivity index (χ0n) is 15.0. The van der Waals surface area contributed by atoms with Crippen LogP contribution in [0, 0.1) is 0 Å². The summed E-state index contributed by atoms with van der Waals surface area (Å²) in [6, 6.07) is 2.74. The normalized spacial score (nSPS) is 15.6. The molecule has 0 saturated carbocycles. The second-order valence-corrected chi connectivity index (χ2v) is 6.05. The number of rotatable bonds is 6. The number of anilines is 1. The number of halogens is 1. The summed E-state index contributed by atoms with van der Waals surface area (Å²) in [4.78, 5) is 12.7. The maximum atomic E-state index is 12.7. The lowest BCUT2D eigenvalue weighted by Gasteiger charge is -2.28. The Morgan fingerprint density at radius 1 is 1.41 bits per heavy atom. The van der Waals surface area contributed by atoms with Crippen LogP contribution in [0.1, 0.15) is 18.5 Å². The molecule has 1 unspecified atom stereocenters. The first-order chi connectivity index (χ1) is 13.0. The molecule has 0 radical (unpaired) electrons. The number of hydrogen-bond donors (Lipinski definition) is 1. The number of tetrazole rings is 1. The van der Waals surface area contributed by atoms with E-state index in [0.29, 0.717) is 39.3 Å². The average Bonchev–Trinajstić information content (AvgIpc) is 3.12. The summed E-state index contributed by atoms with van der Waals surface area (Å²) in [5, 5.41) is 15.0. The maximum absolute atomic E-state index is 12.7. The fourth-order valence-corrected chi connectivity index (χ4v) is 3.19. The molecule has 9 nitrogen and oxygen atoms in total. The molecular weight excluding hydrogens is 374 g/mol. The fraction of sp³-hybridized carbons (Fsp3) is 0.294. The first-order valence-electron chi connectivity index (χ1n) is 7.96. The number of allylic oxidation sites excluding steroid dienone is 1. The summed E-state index contributed by atoms with van der Waals surface area (Å²) in [6.45, 7) is 5.39. The molecule has 1 aromatic heterocycles. The first-order valence-corrected chi connectivity index (χ1v) is 8.34. The van der Waals surface area contributed by atoms with E-state index in [9.17, 15) is 4.79 Å². The predicted molar refractivity (Wildman–Crippen MR) is 98.0 cm³/mol. The van der Waals surface area contributed by atoms with Crippen molar-refractivity contribution >= 4 is 23.5 Å². The molecule has 1 aliphatic heterocycles. The van der Waals surface area contributed by atoms with Crippen LogP contribution in [0.3, 0.4) is 0 Å². The molecule has 27 heavy (non-hydrogen) atoms. The summed E-state index contributed by atoms with van der Waals surface area (Å²) >= 11 is 6.35. The largest absolute Gasteiger partial charge is 0.493 e. The quantitative estimate of drug-likeness (QED) is 0.591. The van der Waals surface area contributed by atoms with Crippen LogP contribution >= 0.6 is 11.6 Å². The molecule has 0 saturated heterocycles. The van der Waals surface area contributed by atoms with Gasteiger partial charge in [0.25, 0.3) is 0 Å². The number of nitrogens with one attached hydrogen (secondary N) is 1. The number of aromatic nitrogens is 4. The Kier molecular flexibility index (Phi) is 5.31. The summed E-state index contributed by atoms with van der Waals surface area (Å²) in [6.07, 6.45) is 1.49.